The van der Waals surface area contributed by atoms with E-state index >= 15 is 0 Å². The van der Waals surface area contributed by atoms with Crippen LogP contribution in [0.3, 0.4) is 0 Å². The number of aliphatic hydroxyl groups excluding tert-OH is 1. The first kappa shape index (κ1) is 14.2. The smallest absolute Gasteiger partial charge is 0.0807 e. The van der Waals surface area contributed by atoms with E-state index < -0.39 is 0 Å². The van der Waals surface area contributed by atoms with Crippen molar-refractivity contribution in [1.29, 1.82) is 0 Å². The van der Waals surface area contributed by atoms with Crippen LogP contribution in [0.4, 0.5) is 0 Å². The summed E-state index contributed by atoms with van der Waals surface area (Å²) in [4.78, 5) is 0. The summed E-state index contributed by atoms with van der Waals surface area (Å²) in [7, 11) is 0. The summed E-state index contributed by atoms with van der Waals surface area (Å²) in [5.74, 6) is 1.85. The normalized spacial score (nSPS) is 30.2. The maximum absolute atomic E-state index is 10.1. The molecule has 3 unspecified atom stereocenters. The third-order valence-electron chi connectivity index (χ3n) is 5.51. The molecule has 2 heteroatoms. The highest BCUT2D eigenvalue weighted by molar-refractivity contribution is 5.31. The van der Waals surface area contributed by atoms with Crippen LogP contribution in [0.15, 0.2) is 6.07 Å². The number of hydrogen-bond acceptors (Lipinski definition) is 1. The van der Waals surface area contributed by atoms with Crippen molar-refractivity contribution in [3.8, 4) is 0 Å². The lowest BCUT2D eigenvalue weighted by Crippen LogP contribution is -2.17. The molecule has 2 nitrogen and oxygen atoms in total. The van der Waals surface area contributed by atoms with E-state index in [1.54, 1.807) is 0 Å². The van der Waals surface area contributed by atoms with Gasteiger partial charge in [0, 0.05) is 23.5 Å². The Hall–Kier alpha value is -0.760. The number of aliphatic hydroxyl groups is 1. The molecule has 2 aliphatic carbocycles. The van der Waals surface area contributed by atoms with Gasteiger partial charge in [0.25, 0.3) is 0 Å². The highest BCUT2D eigenvalue weighted by Gasteiger charge is 2.24. The van der Waals surface area contributed by atoms with Gasteiger partial charge in [-0.3, -0.25) is 0 Å². The molecule has 0 aliphatic heterocycles. The minimum Gasteiger partial charge on any atom is -0.388 e. The van der Waals surface area contributed by atoms with E-state index in [9.17, 15) is 5.11 Å². The molecular weight excluding hydrogens is 246 g/mol. The third kappa shape index (κ3) is 2.81. The SMILES string of the molecule is Cc1cc2c(n1CCC1CCCC(C)C1)CCCC2O. The van der Waals surface area contributed by atoms with Gasteiger partial charge < -0.3 is 9.67 Å². The minimum atomic E-state index is -0.214. The van der Waals surface area contributed by atoms with Crippen LogP contribution in [-0.2, 0) is 13.0 Å². The van der Waals surface area contributed by atoms with Crippen LogP contribution in [0.2, 0.25) is 0 Å². The third-order valence-corrected chi connectivity index (χ3v) is 5.51. The molecule has 0 saturated heterocycles. The Bertz CT molecular complexity index is 462. The maximum Gasteiger partial charge on any atom is 0.0807 e. The lowest BCUT2D eigenvalue weighted by molar-refractivity contribution is 0.155. The van der Waals surface area contributed by atoms with Crippen molar-refractivity contribution >= 4 is 0 Å². The van der Waals surface area contributed by atoms with E-state index in [0.717, 1.165) is 37.6 Å². The Morgan fingerprint density at radius 2 is 2.10 bits per heavy atom. The Balaban J connectivity index is 1.68. The molecule has 112 valence electrons. The van der Waals surface area contributed by atoms with Gasteiger partial charge in [-0.05, 0) is 56.9 Å². The topological polar surface area (TPSA) is 25.2 Å². The molecule has 0 radical (unpaired) electrons. The van der Waals surface area contributed by atoms with Crippen LogP contribution in [0, 0.1) is 18.8 Å². The van der Waals surface area contributed by atoms with E-state index in [4.69, 9.17) is 0 Å². The predicted molar refractivity (Wildman–Crippen MR) is 82.8 cm³/mol. The van der Waals surface area contributed by atoms with Crippen molar-refractivity contribution in [3.63, 3.8) is 0 Å². The lowest BCUT2D eigenvalue weighted by Gasteiger charge is -2.27. The summed E-state index contributed by atoms with van der Waals surface area (Å²) in [6, 6.07) is 2.22. The van der Waals surface area contributed by atoms with Crippen LogP contribution >= 0.6 is 0 Å². The van der Waals surface area contributed by atoms with Gasteiger partial charge in [0.05, 0.1) is 6.10 Å². The van der Waals surface area contributed by atoms with Gasteiger partial charge in [-0.2, -0.15) is 0 Å². The number of aryl methyl sites for hydroxylation is 1. The fraction of sp³-hybridized carbons (Fsp3) is 0.778. The standard InChI is InChI=1S/C18H29NO/c1-13-5-3-6-15(11-13)9-10-19-14(2)12-16-17(19)7-4-8-18(16)20/h12-13,15,18,20H,3-11H2,1-2H3. The van der Waals surface area contributed by atoms with Crippen LogP contribution in [0.25, 0.3) is 0 Å². The van der Waals surface area contributed by atoms with Gasteiger partial charge >= 0.3 is 0 Å². The first-order valence-corrected chi connectivity index (χ1v) is 8.52. The second-order valence-electron chi connectivity index (χ2n) is 7.17. The summed E-state index contributed by atoms with van der Waals surface area (Å²) in [5, 5.41) is 10.1. The number of rotatable bonds is 3. The Kier molecular flexibility index (Phi) is 4.21. The van der Waals surface area contributed by atoms with Crippen molar-refractivity contribution in [1.82, 2.24) is 4.57 Å². The first-order valence-electron chi connectivity index (χ1n) is 8.52. The molecule has 0 spiro atoms. The number of hydrogen-bond donors (Lipinski definition) is 1. The van der Waals surface area contributed by atoms with Crippen LogP contribution < -0.4 is 0 Å². The number of fused-ring (bicyclic) bond motifs is 1. The van der Waals surface area contributed by atoms with Crippen LogP contribution in [-0.4, -0.2) is 9.67 Å². The van der Waals surface area contributed by atoms with E-state index in [1.807, 2.05) is 0 Å². The Labute approximate surface area is 123 Å². The van der Waals surface area contributed by atoms with Crippen LogP contribution in [0.5, 0.6) is 0 Å². The maximum atomic E-state index is 10.1. The molecule has 1 fully saturated rings. The molecule has 20 heavy (non-hydrogen) atoms. The Morgan fingerprint density at radius 1 is 1.25 bits per heavy atom. The molecule has 0 amide bonds. The molecule has 1 saturated carbocycles. The van der Waals surface area contributed by atoms with Crippen molar-refractivity contribution in [2.45, 2.75) is 77.9 Å². The molecule has 1 heterocycles. The zero-order valence-electron chi connectivity index (χ0n) is 13.1. The van der Waals surface area contributed by atoms with Crippen molar-refractivity contribution in [2.24, 2.45) is 11.8 Å². The number of nitrogens with zero attached hydrogens (tertiary/aromatic N) is 1. The van der Waals surface area contributed by atoms with Crippen LogP contribution in [0.1, 0.15) is 74.9 Å². The quantitative estimate of drug-likeness (QED) is 0.870. The Morgan fingerprint density at radius 3 is 2.90 bits per heavy atom. The number of aromatic nitrogens is 1. The largest absolute Gasteiger partial charge is 0.388 e. The summed E-state index contributed by atoms with van der Waals surface area (Å²) in [5.41, 5.74) is 3.98. The van der Waals surface area contributed by atoms with Gasteiger partial charge in [-0.25, -0.2) is 0 Å². The molecule has 1 N–H and O–H groups in total. The fourth-order valence-corrected chi connectivity index (χ4v) is 4.39. The van der Waals surface area contributed by atoms with E-state index in [0.29, 0.717) is 0 Å². The zero-order chi connectivity index (χ0) is 14.1. The van der Waals surface area contributed by atoms with E-state index in [-0.39, 0.29) is 6.10 Å². The molecular formula is C18H29NO. The van der Waals surface area contributed by atoms with Gasteiger partial charge in [0.15, 0.2) is 0 Å². The van der Waals surface area contributed by atoms with Gasteiger partial charge in [-0.15, -0.1) is 0 Å². The summed E-state index contributed by atoms with van der Waals surface area (Å²) in [6.07, 6.45) is 10.0. The van der Waals surface area contributed by atoms with Crippen molar-refractivity contribution < 1.29 is 5.11 Å². The molecule has 0 bridgehead atoms. The van der Waals surface area contributed by atoms with Gasteiger partial charge in [0.2, 0.25) is 0 Å². The fourth-order valence-electron chi connectivity index (χ4n) is 4.39. The molecule has 1 aromatic heterocycles. The molecule has 3 atom stereocenters. The summed E-state index contributed by atoms with van der Waals surface area (Å²) in [6.45, 7) is 5.77. The predicted octanol–water partition coefficient (Wildman–Crippen LogP) is 4.38. The molecule has 2 aliphatic rings. The van der Waals surface area contributed by atoms with E-state index in [2.05, 4.69) is 24.5 Å². The summed E-state index contributed by atoms with van der Waals surface area (Å²) >= 11 is 0. The first-order chi connectivity index (χ1) is 9.65. The molecule has 0 aromatic carbocycles. The van der Waals surface area contributed by atoms with E-state index in [1.165, 1.54) is 49.1 Å². The highest BCUT2D eigenvalue weighted by Crippen LogP contribution is 2.34. The second-order valence-corrected chi connectivity index (χ2v) is 7.17. The lowest BCUT2D eigenvalue weighted by atomic mass is 9.81. The van der Waals surface area contributed by atoms with Crippen molar-refractivity contribution in [2.75, 3.05) is 0 Å². The van der Waals surface area contributed by atoms with Crippen molar-refractivity contribution in [3.05, 3.63) is 23.0 Å². The zero-order valence-corrected chi connectivity index (χ0v) is 13.1. The monoisotopic (exact) mass is 275 g/mol. The average molecular weight is 275 g/mol. The minimum absolute atomic E-state index is 0.214. The molecule has 3 rings (SSSR count). The summed E-state index contributed by atoms with van der Waals surface area (Å²) < 4.78 is 2.50. The van der Waals surface area contributed by atoms with Gasteiger partial charge in [-0.1, -0.05) is 26.2 Å². The molecule has 1 aromatic rings. The second kappa shape index (κ2) is 5.93. The highest BCUT2D eigenvalue weighted by atomic mass is 16.3. The van der Waals surface area contributed by atoms with Gasteiger partial charge in [0.1, 0.15) is 0 Å². The average Bonchev–Trinajstić information content (AvgIpc) is 2.74.